The maximum atomic E-state index is 11.0. The van der Waals surface area contributed by atoms with Crippen LogP contribution in [-0.4, -0.2) is 26.3 Å². The largest absolute Gasteiger partial charge is 0.478 e. The second-order valence-corrected chi connectivity index (χ2v) is 4.55. The number of ether oxygens (including phenoxy) is 1. The summed E-state index contributed by atoms with van der Waals surface area (Å²) in [5, 5.41) is 0. The van der Waals surface area contributed by atoms with Crippen molar-refractivity contribution in [2.24, 2.45) is 0 Å². The topological polar surface area (TPSA) is 56.3 Å². The first-order valence-electron chi connectivity index (χ1n) is 3.83. The van der Waals surface area contributed by atoms with Crippen LogP contribution in [0, 0.1) is 0 Å². The lowest BCUT2D eigenvalue weighted by Crippen LogP contribution is -1.99. The number of sulfone groups is 1. The summed E-state index contributed by atoms with van der Waals surface area (Å²) in [5.41, 5.74) is 0. The van der Waals surface area contributed by atoms with Crippen molar-refractivity contribution in [3.05, 3.63) is 18.3 Å². The fourth-order valence-corrected chi connectivity index (χ4v) is 1.38. The Morgan fingerprint density at radius 2 is 2.15 bits per heavy atom. The summed E-state index contributed by atoms with van der Waals surface area (Å²) in [6, 6.07) is 3.02. The average Bonchev–Trinajstić information content (AvgIpc) is 2.04. The summed E-state index contributed by atoms with van der Waals surface area (Å²) in [6.45, 7) is 2.36. The number of hydrogen-bond donors (Lipinski definition) is 0. The first kappa shape index (κ1) is 9.98. The van der Waals surface area contributed by atoms with Crippen molar-refractivity contribution in [3.63, 3.8) is 0 Å². The van der Waals surface area contributed by atoms with Crippen molar-refractivity contribution in [3.8, 4) is 5.88 Å². The maximum Gasteiger partial charge on any atom is 0.213 e. The number of aromatic nitrogens is 1. The van der Waals surface area contributed by atoms with Gasteiger partial charge in [0.1, 0.15) is 0 Å². The highest BCUT2D eigenvalue weighted by atomic mass is 32.2. The second kappa shape index (κ2) is 3.74. The first-order valence-corrected chi connectivity index (χ1v) is 5.72. The first-order chi connectivity index (χ1) is 6.04. The van der Waals surface area contributed by atoms with Gasteiger partial charge < -0.3 is 4.74 Å². The quantitative estimate of drug-likeness (QED) is 0.728. The third-order valence-electron chi connectivity index (χ3n) is 1.43. The van der Waals surface area contributed by atoms with Crippen molar-refractivity contribution in [1.29, 1.82) is 0 Å². The molecule has 0 unspecified atom stereocenters. The minimum atomic E-state index is -3.15. The molecule has 72 valence electrons. The molecular formula is C8H11NO3S. The Hall–Kier alpha value is -1.10. The Morgan fingerprint density at radius 3 is 2.54 bits per heavy atom. The van der Waals surface area contributed by atoms with E-state index in [2.05, 4.69) is 4.98 Å². The molecule has 0 aliphatic rings. The van der Waals surface area contributed by atoms with E-state index in [1.165, 1.54) is 12.3 Å². The van der Waals surface area contributed by atoms with Gasteiger partial charge in [-0.25, -0.2) is 13.4 Å². The van der Waals surface area contributed by atoms with Crippen LogP contribution in [0.2, 0.25) is 0 Å². The fourth-order valence-electron chi connectivity index (χ4n) is 0.819. The lowest BCUT2D eigenvalue weighted by Gasteiger charge is -2.01. The SMILES string of the molecule is CCOc1ccc(S(C)(=O)=O)cn1. The van der Waals surface area contributed by atoms with Gasteiger partial charge in [0.15, 0.2) is 9.84 Å². The van der Waals surface area contributed by atoms with Crippen molar-refractivity contribution in [2.45, 2.75) is 11.8 Å². The molecule has 1 heterocycles. The van der Waals surface area contributed by atoms with Crippen LogP contribution in [-0.2, 0) is 9.84 Å². The smallest absolute Gasteiger partial charge is 0.213 e. The van der Waals surface area contributed by atoms with Gasteiger partial charge in [0.2, 0.25) is 5.88 Å². The van der Waals surface area contributed by atoms with Gasteiger partial charge in [-0.05, 0) is 13.0 Å². The van der Waals surface area contributed by atoms with E-state index >= 15 is 0 Å². The Labute approximate surface area is 77.5 Å². The number of nitrogens with zero attached hydrogens (tertiary/aromatic N) is 1. The van der Waals surface area contributed by atoms with E-state index in [9.17, 15) is 8.42 Å². The molecule has 0 fully saturated rings. The van der Waals surface area contributed by atoms with Crippen LogP contribution in [0.4, 0.5) is 0 Å². The zero-order valence-electron chi connectivity index (χ0n) is 7.52. The maximum absolute atomic E-state index is 11.0. The summed E-state index contributed by atoms with van der Waals surface area (Å²) in [5.74, 6) is 0.440. The predicted octanol–water partition coefficient (Wildman–Crippen LogP) is 0.884. The van der Waals surface area contributed by atoms with E-state index in [-0.39, 0.29) is 4.90 Å². The minimum Gasteiger partial charge on any atom is -0.478 e. The molecule has 0 bridgehead atoms. The number of pyridine rings is 1. The lowest BCUT2D eigenvalue weighted by atomic mass is 10.5. The molecule has 1 rings (SSSR count). The van der Waals surface area contributed by atoms with Crippen LogP contribution >= 0.6 is 0 Å². The van der Waals surface area contributed by atoms with Crippen LogP contribution in [0.5, 0.6) is 5.88 Å². The van der Waals surface area contributed by atoms with E-state index in [1.807, 2.05) is 6.92 Å². The van der Waals surface area contributed by atoms with Crippen molar-refractivity contribution in [1.82, 2.24) is 4.98 Å². The molecule has 1 aromatic rings. The van der Waals surface area contributed by atoms with Gasteiger partial charge >= 0.3 is 0 Å². The second-order valence-electron chi connectivity index (χ2n) is 2.54. The normalized spacial score (nSPS) is 11.2. The lowest BCUT2D eigenvalue weighted by molar-refractivity contribution is 0.326. The summed E-state index contributed by atoms with van der Waals surface area (Å²) in [7, 11) is -3.15. The van der Waals surface area contributed by atoms with Gasteiger partial charge in [-0.3, -0.25) is 0 Å². The summed E-state index contributed by atoms with van der Waals surface area (Å²) < 4.78 is 27.1. The fraction of sp³-hybridized carbons (Fsp3) is 0.375. The van der Waals surface area contributed by atoms with Crippen LogP contribution in [0.15, 0.2) is 23.2 Å². The highest BCUT2D eigenvalue weighted by molar-refractivity contribution is 7.90. The Balaban J connectivity index is 2.94. The Morgan fingerprint density at radius 1 is 1.46 bits per heavy atom. The molecule has 13 heavy (non-hydrogen) atoms. The summed E-state index contributed by atoms with van der Waals surface area (Å²) >= 11 is 0. The molecule has 0 radical (unpaired) electrons. The van der Waals surface area contributed by atoms with Gasteiger partial charge in [-0.2, -0.15) is 0 Å². The standard InChI is InChI=1S/C8H11NO3S/c1-3-12-8-5-4-7(6-9-8)13(2,10)11/h4-6H,3H2,1-2H3. The highest BCUT2D eigenvalue weighted by Crippen LogP contribution is 2.11. The van der Waals surface area contributed by atoms with Crippen LogP contribution < -0.4 is 4.74 Å². The van der Waals surface area contributed by atoms with Gasteiger partial charge in [-0.15, -0.1) is 0 Å². The van der Waals surface area contributed by atoms with Gasteiger partial charge in [-0.1, -0.05) is 0 Å². The molecule has 0 N–H and O–H groups in total. The number of rotatable bonds is 3. The molecule has 5 heteroatoms. The Kier molecular flexibility index (Phi) is 2.87. The van der Waals surface area contributed by atoms with E-state index in [0.29, 0.717) is 12.5 Å². The molecule has 0 saturated heterocycles. The zero-order chi connectivity index (χ0) is 9.90. The van der Waals surface area contributed by atoms with Crippen molar-refractivity contribution < 1.29 is 13.2 Å². The van der Waals surface area contributed by atoms with Crippen molar-refractivity contribution in [2.75, 3.05) is 12.9 Å². The molecule has 0 spiro atoms. The average molecular weight is 201 g/mol. The minimum absolute atomic E-state index is 0.205. The number of hydrogen-bond acceptors (Lipinski definition) is 4. The van der Waals surface area contributed by atoms with Crippen LogP contribution in [0.1, 0.15) is 6.92 Å². The molecule has 4 nitrogen and oxygen atoms in total. The van der Waals surface area contributed by atoms with Gasteiger partial charge in [0.05, 0.1) is 11.5 Å². The zero-order valence-corrected chi connectivity index (χ0v) is 8.34. The van der Waals surface area contributed by atoms with E-state index < -0.39 is 9.84 Å². The molecular weight excluding hydrogens is 190 g/mol. The van der Waals surface area contributed by atoms with E-state index in [4.69, 9.17) is 4.74 Å². The monoisotopic (exact) mass is 201 g/mol. The predicted molar refractivity (Wildman–Crippen MR) is 48.5 cm³/mol. The molecule has 0 aliphatic carbocycles. The van der Waals surface area contributed by atoms with Crippen molar-refractivity contribution >= 4 is 9.84 Å². The third kappa shape index (κ3) is 2.69. The van der Waals surface area contributed by atoms with Crippen LogP contribution in [0.3, 0.4) is 0 Å². The molecule has 0 amide bonds. The molecule has 0 atom stereocenters. The molecule has 1 aromatic heterocycles. The third-order valence-corrected chi connectivity index (χ3v) is 2.53. The summed E-state index contributed by atoms with van der Waals surface area (Å²) in [4.78, 5) is 4.04. The highest BCUT2D eigenvalue weighted by Gasteiger charge is 2.06. The summed E-state index contributed by atoms with van der Waals surface area (Å²) in [6.07, 6.45) is 2.44. The van der Waals surface area contributed by atoms with Gasteiger partial charge in [0, 0.05) is 18.5 Å². The van der Waals surface area contributed by atoms with E-state index in [1.54, 1.807) is 6.07 Å². The van der Waals surface area contributed by atoms with Crippen LogP contribution in [0.25, 0.3) is 0 Å². The molecule has 0 aliphatic heterocycles. The molecule has 0 aromatic carbocycles. The molecule has 0 saturated carbocycles. The Bertz CT molecular complexity index is 369. The van der Waals surface area contributed by atoms with Gasteiger partial charge in [0.25, 0.3) is 0 Å². The van der Waals surface area contributed by atoms with E-state index in [0.717, 1.165) is 6.26 Å².